The Morgan fingerprint density at radius 3 is 2.03 bits per heavy atom. The number of benzene rings is 3. The predicted molar refractivity (Wildman–Crippen MR) is 138 cm³/mol. The van der Waals surface area contributed by atoms with Crippen molar-refractivity contribution in [3.63, 3.8) is 0 Å². The molecule has 0 bridgehead atoms. The number of halogens is 1. The lowest BCUT2D eigenvalue weighted by atomic mass is 9.96. The van der Waals surface area contributed by atoms with Gasteiger partial charge in [-0.3, -0.25) is 4.90 Å². The van der Waals surface area contributed by atoms with Gasteiger partial charge in [0, 0.05) is 17.0 Å². The average molecular weight is 467 g/mol. The molecule has 168 valence electrons. The second kappa shape index (κ2) is 10.6. The molecule has 1 atom stereocenters. The first-order valence-corrected chi connectivity index (χ1v) is 11.8. The molecule has 1 unspecified atom stereocenters. The number of thioether (sulfide) groups is 1. The zero-order chi connectivity index (χ0) is 23.3. The lowest BCUT2D eigenvalue weighted by Gasteiger charge is -2.37. The summed E-state index contributed by atoms with van der Waals surface area (Å²) in [6.07, 6.45) is 0.0576. The van der Waals surface area contributed by atoms with Crippen LogP contribution < -0.4 is 0 Å². The van der Waals surface area contributed by atoms with Crippen LogP contribution >= 0.6 is 23.4 Å². The van der Waals surface area contributed by atoms with Crippen LogP contribution in [-0.2, 0) is 5.60 Å². The van der Waals surface area contributed by atoms with Crippen molar-refractivity contribution in [2.45, 2.75) is 30.5 Å². The summed E-state index contributed by atoms with van der Waals surface area (Å²) >= 11 is 7.72. The van der Waals surface area contributed by atoms with E-state index in [0.717, 1.165) is 26.7 Å². The molecule has 0 saturated carbocycles. The summed E-state index contributed by atoms with van der Waals surface area (Å²) < 4.78 is 0. The summed E-state index contributed by atoms with van der Waals surface area (Å²) in [6.45, 7) is 3.61. The largest absolute Gasteiger partial charge is 0.386 e. The van der Waals surface area contributed by atoms with Gasteiger partial charge in [0.15, 0.2) is 0 Å². The second-order valence-corrected chi connectivity index (χ2v) is 9.95. The van der Waals surface area contributed by atoms with Gasteiger partial charge >= 0.3 is 0 Å². The molecule has 0 spiro atoms. The maximum absolute atomic E-state index is 10.4. The highest BCUT2D eigenvalue weighted by molar-refractivity contribution is 8.02. The molecule has 3 aromatic carbocycles. The molecule has 0 aliphatic heterocycles. The van der Waals surface area contributed by atoms with Gasteiger partial charge in [-0.2, -0.15) is 0 Å². The number of aliphatic hydroxyl groups is 1. The highest BCUT2D eigenvalue weighted by Gasteiger charge is 2.23. The summed E-state index contributed by atoms with van der Waals surface area (Å²) in [5, 5.41) is 13.3. The standard InChI is InChI=1S/C27H31ClN2OS/c1-27(2,31)22-13-11-20(12-14-22)25(19-32-24-17-15-23(28)16-18-24)30(5)26(29(3)4)21-9-7-6-8-10-21/h6-19,26,31H,1-5H3/b25-19+. The molecule has 3 nitrogen and oxygen atoms in total. The molecular weight excluding hydrogens is 436 g/mol. The molecule has 0 amide bonds. The number of rotatable bonds is 8. The molecule has 0 saturated heterocycles. The molecule has 0 heterocycles. The lowest BCUT2D eigenvalue weighted by Crippen LogP contribution is -2.34. The van der Waals surface area contributed by atoms with E-state index in [0.29, 0.717) is 0 Å². The van der Waals surface area contributed by atoms with Crippen LogP contribution in [0, 0.1) is 0 Å². The van der Waals surface area contributed by atoms with E-state index in [1.807, 2.05) is 42.5 Å². The summed E-state index contributed by atoms with van der Waals surface area (Å²) in [6, 6.07) is 26.5. The summed E-state index contributed by atoms with van der Waals surface area (Å²) in [5.41, 5.74) is 3.42. The fourth-order valence-corrected chi connectivity index (χ4v) is 4.64. The fourth-order valence-electron chi connectivity index (χ4n) is 3.67. The third kappa shape index (κ3) is 6.17. The Kier molecular flexibility index (Phi) is 8.07. The maximum Gasteiger partial charge on any atom is 0.107 e. The summed E-state index contributed by atoms with van der Waals surface area (Å²) in [4.78, 5) is 5.62. The second-order valence-electron chi connectivity index (χ2n) is 8.57. The van der Waals surface area contributed by atoms with Gasteiger partial charge in [0.2, 0.25) is 0 Å². The van der Waals surface area contributed by atoms with Crippen LogP contribution in [0.3, 0.4) is 0 Å². The maximum atomic E-state index is 10.4. The molecule has 3 rings (SSSR count). The summed E-state index contributed by atoms with van der Waals surface area (Å²) in [5.74, 6) is 0. The topological polar surface area (TPSA) is 26.7 Å². The predicted octanol–water partition coefficient (Wildman–Crippen LogP) is 6.85. The van der Waals surface area contributed by atoms with Crippen molar-refractivity contribution in [3.8, 4) is 0 Å². The van der Waals surface area contributed by atoms with Gasteiger partial charge in [0.05, 0.1) is 11.3 Å². The third-order valence-corrected chi connectivity index (χ3v) is 6.48. The van der Waals surface area contributed by atoms with Gasteiger partial charge in [-0.1, -0.05) is 78.0 Å². The molecule has 5 heteroatoms. The van der Waals surface area contributed by atoms with E-state index < -0.39 is 5.60 Å². The molecule has 0 aromatic heterocycles. The van der Waals surface area contributed by atoms with Gasteiger partial charge in [0.25, 0.3) is 0 Å². The van der Waals surface area contributed by atoms with Crippen molar-refractivity contribution in [2.24, 2.45) is 0 Å². The Morgan fingerprint density at radius 1 is 0.906 bits per heavy atom. The van der Waals surface area contributed by atoms with Crippen LogP contribution in [0.15, 0.2) is 89.2 Å². The van der Waals surface area contributed by atoms with Crippen LogP contribution in [0.25, 0.3) is 5.70 Å². The smallest absolute Gasteiger partial charge is 0.107 e. The Labute approximate surface area is 201 Å². The van der Waals surface area contributed by atoms with Gasteiger partial charge in [0.1, 0.15) is 6.17 Å². The van der Waals surface area contributed by atoms with E-state index in [2.05, 4.69) is 72.7 Å². The van der Waals surface area contributed by atoms with Crippen LogP contribution in [0.2, 0.25) is 5.02 Å². The van der Waals surface area contributed by atoms with Crippen LogP contribution in [-0.4, -0.2) is 36.0 Å². The molecule has 3 aromatic rings. The molecule has 32 heavy (non-hydrogen) atoms. The van der Waals surface area contributed by atoms with E-state index in [1.165, 1.54) is 5.56 Å². The first-order valence-electron chi connectivity index (χ1n) is 10.6. The van der Waals surface area contributed by atoms with E-state index in [9.17, 15) is 5.11 Å². The van der Waals surface area contributed by atoms with E-state index in [1.54, 1.807) is 25.6 Å². The minimum absolute atomic E-state index is 0.0576. The molecule has 0 radical (unpaired) electrons. The first kappa shape index (κ1) is 24.4. The molecule has 1 N–H and O–H groups in total. The van der Waals surface area contributed by atoms with Crippen molar-refractivity contribution < 1.29 is 5.11 Å². The minimum Gasteiger partial charge on any atom is -0.386 e. The number of hydrogen-bond acceptors (Lipinski definition) is 4. The summed E-state index contributed by atoms with van der Waals surface area (Å²) in [7, 11) is 6.31. The van der Waals surface area contributed by atoms with Crippen molar-refractivity contribution in [1.29, 1.82) is 0 Å². The molecular formula is C27H31ClN2OS. The normalized spacial score (nSPS) is 13.3. The first-order chi connectivity index (χ1) is 15.2. The molecule has 0 aliphatic carbocycles. The third-order valence-electron chi connectivity index (χ3n) is 5.34. The van der Waals surface area contributed by atoms with Crippen molar-refractivity contribution in [3.05, 3.63) is 106 Å². The van der Waals surface area contributed by atoms with E-state index in [-0.39, 0.29) is 6.17 Å². The minimum atomic E-state index is -0.872. The quantitative estimate of drug-likeness (QED) is 0.290. The van der Waals surface area contributed by atoms with E-state index >= 15 is 0 Å². The monoisotopic (exact) mass is 466 g/mol. The van der Waals surface area contributed by atoms with Crippen molar-refractivity contribution >= 4 is 29.1 Å². The average Bonchev–Trinajstić information content (AvgIpc) is 2.75. The van der Waals surface area contributed by atoms with E-state index in [4.69, 9.17) is 11.6 Å². The Balaban J connectivity index is 2.02. The Hall–Kier alpha value is -2.24. The van der Waals surface area contributed by atoms with Crippen molar-refractivity contribution in [1.82, 2.24) is 9.80 Å². The van der Waals surface area contributed by atoms with Crippen molar-refractivity contribution in [2.75, 3.05) is 21.1 Å². The molecule has 0 aliphatic rings. The highest BCUT2D eigenvalue weighted by atomic mass is 35.5. The molecule has 0 fully saturated rings. The van der Waals surface area contributed by atoms with Crippen LogP contribution in [0.1, 0.15) is 36.7 Å². The van der Waals surface area contributed by atoms with Gasteiger partial charge in [-0.05, 0) is 74.3 Å². The lowest BCUT2D eigenvalue weighted by molar-refractivity contribution is 0.0786. The SMILES string of the molecule is CN(C)C(c1ccccc1)N(C)/C(=C/Sc1ccc(Cl)cc1)c1ccc(C(C)(C)O)cc1. The Bertz CT molecular complexity index is 1030. The van der Waals surface area contributed by atoms with Crippen LogP contribution in [0.4, 0.5) is 0 Å². The zero-order valence-corrected chi connectivity index (χ0v) is 20.9. The number of nitrogens with zero attached hydrogens (tertiary/aromatic N) is 2. The highest BCUT2D eigenvalue weighted by Crippen LogP contribution is 2.34. The fraction of sp³-hybridized carbons (Fsp3) is 0.259. The number of hydrogen-bond donors (Lipinski definition) is 1. The van der Waals surface area contributed by atoms with Gasteiger partial charge in [-0.15, -0.1) is 0 Å². The van der Waals surface area contributed by atoms with Gasteiger partial charge < -0.3 is 10.0 Å². The van der Waals surface area contributed by atoms with Gasteiger partial charge in [-0.25, -0.2) is 0 Å². The Morgan fingerprint density at radius 2 is 1.50 bits per heavy atom. The van der Waals surface area contributed by atoms with Crippen LogP contribution in [0.5, 0.6) is 0 Å². The zero-order valence-electron chi connectivity index (χ0n) is 19.3.